The molecule has 9 heteroatoms. The number of nitrogens with zero attached hydrogens (tertiary/aromatic N) is 1. The first-order valence-electron chi connectivity index (χ1n) is 9.98. The maximum atomic E-state index is 13.3. The van der Waals surface area contributed by atoms with Crippen LogP contribution in [0.3, 0.4) is 0 Å². The Morgan fingerprint density at radius 3 is 2.58 bits per heavy atom. The van der Waals surface area contributed by atoms with Gasteiger partial charge in [-0.05, 0) is 49.1 Å². The number of hydrogen-bond donors (Lipinski definition) is 1. The second kappa shape index (κ2) is 9.28. The quantitative estimate of drug-likeness (QED) is 0.634. The fraction of sp³-hybridized carbons (Fsp3) is 0.364. The molecule has 0 saturated heterocycles. The van der Waals surface area contributed by atoms with E-state index in [1.54, 1.807) is 12.1 Å². The van der Waals surface area contributed by atoms with Gasteiger partial charge in [0.05, 0.1) is 16.3 Å². The molecular formula is C22H25ClN2O5S. The number of carbonyl (C=O) groups excluding carboxylic acids is 2. The molecular weight excluding hydrogens is 440 g/mol. The number of nitrogens with one attached hydrogen (secondary N) is 1. The van der Waals surface area contributed by atoms with Crippen LogP contribution in [0, 0.1) is 5.92 Å². The monoisotopic (exact) mass is 464 g/mol. The summed E-state index contributed by atoms with van der Waals surface area (Å²) in [5.74, 6) is -0.994. The van der Waals surface area contributed by atoms with E-state index in [0.717, 1.165) is 5.56 Å². The summed E-state index contributed by atoms with van der Waals surface area (Å²) >= 11 is 6.18. The van der Waals surface area contributed by atoms with Gasteiger partial charge in [0.2, 0.25) is 0 Å². The summed E-state index contributed by atoms with van der Waals surface area (Å²) in [6.07, 6.45) is 0.596. The lowest BCUT2D eigenvalue weighted by molar-refractivity contribution is -0.125. The summed E-state index contributed by atoms with van der Waals surface area (Å²) in [5.41, 5.74) is 1.53. The Labute approximate surface area is 187 Å². The summed E-state index contributed by atoms with van der Waals surface area (Å²) in [7, 11) is -3.98. The molecule has 0 spiro atoms. The predicted molar refractivity (Wildman–Crippen MR) is 119 cm³/mol. The van der Waals surface area contributed by atoms with Gasteiger partial charge in [-0.15, -0.1) is 0 Å². The van der Waals surface area contributed by atoms with Crippen LogP contribution in [-0.2, 0) is 26.0 Å². The molecule has 31 heavy (non-hydrogen) atoms. The highest BCUT2D eigenvalue weighted by atomic mass is 35.5. The first-order valence-corrected chi connectivity index (χ1v) is 11.8. The fourth-order valence-corrected chi connectivity index (χ4v) is 5.19. The van der Waals surface area contributed by atoms with E-state index in [1.807, 2.05) is 32.9 Å². The molecule has 166 valence electrons. The van der Waals surface area contributed by atoms with Gasteiger partial charge in [0.25, 0.3) is 15.9 Å². The van der Waals surface area contributed by atoms with Crippen molar-refractivity contribution in [3.05, 3.63) is 58.6 Å². The Bertz CT molecular complexity index is 1100. The van der Waals surface area contributed by atoms with Crippen molar-refractivity contribution >= 4 is 39.2 Å². The minimum atomic E-state index is -3.98. The number of sulfonamides is 1. The first kappa shape index (κ1) is 23.1. The molecule has 2 aromatic carbocycles. The Morgan fingerprint density at radius 1 is 1.16 bits per heavy atom. The number of halogens is 1. The average Bonchev–Trinajstić information content (AvgIpc) is 3.17. The number of ether oxygens (including phenoxy) is 1. The van der Waals surface area contributed by atoms with Crippen molar-refractivity contribution in [2.75, 3.05) is 17.5 Å². The molecule has 1 atom stereocenters. The normalized spacial score (nSPS) is 14.3. The topological polar surface area (TPSA) is 92.8 Å². The maximum absolute atomic E-state index is 13.3. The molecule has 1 aliphatic heterocycles. The van der Waals surface area contributed by atoms with Gasteiger partial charge in [-0.25, -0.2) is 13.2 Å². The number of amides is 1. The largest absolute Gasteiger partial charge is 0.452 e. The summed E-state index contributed by atoms with van der Waals surface area (Å²) in [6.45, 7) is 5.62. The summed E-state index contributed by atoms with van der Waals surface area (Å²) < 4.78 is 32.9. The van der Waals surface area contributed by atoms with Crippen molar-refractivity contribution in [2.45, 2.75) is 38.1 Å². The van der Waals surface area contributed by atoms with E-state index in [-0.39, 0.29) is 27.4 Å². The van der Waals surface area contributed by atoms with Crippen LogP contribution < -0.4 is 9.62 Å². The average molecular weight is 465 g/mol. The Balaban J connectivity index is 1.77. The second-order valence-electron chi connectivity index (χ2n) is 7.78. The van der Waals surface area contributed by atoms with Gasteiger partial charge in [0.15, 0.2) is 6.61 Å². The molecule has 7 nitrogen and oxygen atoms in total. The number of para-hydroxylation sites is 1. The highest BCUT2D eigenvalue weighted by molar-refractivity contribution is 7.93. The third-order valence-electron chi connectivity index (χ3n) is 5.30. The van der Waals surface area contributed by atoms with Crippen LogP contribution in [-0.4, -0.2) is 39.5 Å². The van der Waals surface area contributed by atoms with Crippen LogP contribution in [0.15, 0.2) is 47.4 Å². The van der Waals surface area contributed by atoms with E-state index in [9.17, 15) is 18.0 Å². The molecule has 1 heterocycles. The Hall–Kier alpha value is -2.58. The highest BCUT2D eigenvalue weighted by Gasteiger charge is 2.32. The van der Waals surface area contributed by atoms with Gasteiger partial charge in [-0.2, -0.15) is 0 Å². The number of esters is 1. The van der Waals surface area contributed by atoms with Crippen LogP contribution >= 0.6 is 11.6 Å². The zero-order chi connectivity index (χ0) is 22.8. The molecule has 3 rings (SSSR count). The highest BCUT2D eigenvalue weighted by Crippen LogP contribution is 2.35. The zero-order valence-corrected chi connectivity index (χ0v) is 19.2. The smallest absolute Gasteiger partial charge is 0.338 e. The third-order valence-corrected chi connectivity index (χ3v) is 7.60. The van der Waals surface area contributed by atoms with Crippen molar-refractivity contribution in [3.63, 3.8) is 0 Å². The molecule has 1 amide bonds. The van der Waals surface area contributed by atoms with E-state index in [1.165, 1.54) is 22.5 Å². The molecule has 2 aromatic rings. The summed E-state index contributed by atoms with van der Waals surface area (Å²) in [6, 6.07) is 11.1. The van der Waals surface area contributed by atoms with E-state index >= 15 is 0 Å². The molecule has 1 aliphatic rings. The second-order valence-corrected chi connectivity index (χ2v) is 10.0. The summed E-state index contributed by atoms with van der Waals surface area (Å²) in [4.78, 5) is 24.2. The van der Waals surface area contributed by atoms with Crippen molar-refractivity contribution < 1.29 is 22.7 Å². The number of hydrogen-bond acceptors (Lipinski definition) is 5. The lowest BCUT2D eigenvalue weighted by atomic mass is 10.1. The van der Waals surface area contributed by atoms with E-state index < -0.39 is 28.5 Å². The van der Waals surface area contributed by atoms with Crippen LogP contribution in [0.1, 0.15) is 36.7 Å². The Morgan fingerprint density at radius 2 is 1.87 bits per heavy atom. The Kier molecular flexibility index (Phi) is 6.91. The van der Waals surface area contributed by atoms with Crippen molar-refractivity contribution in [1.82, 2.24) is 5.32 Å². The molecule has 0 fully saturated rings. The van der Waals surface area contributed by atoms with Gasteiger partial charge >= 0.3 is 5.97 Å². The lowest BCUT2D eigenvalue weighted by Gasteiger charge is -2.20. The van der Waals surface area contributed by atoms with Crippen molar-refractivity contribution in [3.8, 4) is 0 Å². The SMILES string of the molecule is CC(C)[C@H](C)NC(=O)COC(=O)c1ccc(Cl)c(S(=O)(=O)N2CCc3ccccc32)c1. The third kappa shape index (κ3) is 5.02. The molecule has 1 N–H and O–H groups in total. The van der Waals surface area contributed by atoms with Crippen LogP contribution in [0.4, 0.5) is 5.69 Å². The minimum Gasteiger partial charge on any atom is -0.452 e. The van der Waals surface area contributed by atoms with Crippen LogP contribution in [0.2, 0.25) is 5.02 Å². The molecule has 0 unspecified atom stereocenters. The maximum Gasteiger partial charge on any atom is 0.338 e. The van der Waals surface area contributed by atoms with Gasteiger partial charge in [-0.3, -0.25) is 9.10 Å². The number of benzene rings is 2. The minimum absolute atomic E-state index is 0.000153. The standard InChI is InChI=1S/C22H25ClN2O5S/c1-14(2)15(3)24-21(26)13-30-22(27)17-8-9-18(23)20(12-17)31(28,29)25-11-10-16-6-4-5-7-19(16)25/h4-9,12,14-15H,10-11,13H2,1-3H3,(H,24,26)/t15-/m0/s1. The lowest BCUT2D eigenvalue weighted by Crippen LogP contribution is -2.38. The van der Waals surface area contributed by atoms with Crippen LogP contribution in [0.25, 0.3) is 0 Å². The van der Waals surface area contributed by atoms with Gasteiger partial charge in [0, 0.05) is 12.6 Å². The molecule has 0 radical (unpaired) electrons. The molecule has 0 aromatic heterocycles. The first-order chi connectivity index (χ1) is 14.6. The van der Waals surface area contributed by atoms with Crippen LogP contribution in [0.5, 0.6) is 0 Å². The number of anilines is 1. The number of rotatable bonds is 7. The van der Waals surface area contributed by atoms with Crippen molar-refractivity contribution in [2.24, 2.45) is 5.92 Å². The van der Waals surface area contributed by atoms with Gasteiger partial charge < -0.3 is 10.1 Å². The number of fused-ring (bicyclic) bond motifs is 1. The van der Waals surface area contributed by atoms with E-state index in [0.29, 0.717) is 18.7 Å². The van der Waals surface area contributed by atoms with Gasteiger partial charge in [0.1, 0.15) is 4.90 Å². The van der Waals surface area contributed by atoms with E-state index in [4.69, 9.17) is 16.3 Å². The number of carbonyl (C=O) groups is 2. The van der Waals surface area contributed by atoms with Crippen molar-refractivity contribution in [1.29, 1.82) is 0 Å². The van der Waals surface area contributed by atoms with Gasteiger partial charge in [-0.1, -0.05) is 43.6 Å². The summed E-state index contributed by atoms with van der Waals surface area (Å²) in [5, 5.41) is 2.74. The fourth-order valence-electron chi connectivity index (χ4n) is 3.18. The predicted octanol–water partition coefficient (Wildman–Crippen LogP) is 3.41. The zero-order valence-electron chi connectivity index (χ0n) is 17.6. The molecule has 0 bridgehead atoms. The van der Waals surface area contributed by atoms with E-state index in [2.05, 4.69) is 5.32 Å². The molecule has 0 saturated carbocycles. The molecule has 0 aliphatic carbocycles.